The highest BCUT2D eigenvalue weighted by molar-refractivity contribution is 7.93. The summed E-state index contributed by atoms with van der Waals surface area (Å²) in [6.45, 7) is 0. The van der Waals surface area contributed by atoms with Crippen LogP contribution in [0.5, 0.6) is 5.75 Å². The summed E-state index contributed by atoms with van der Waals surface area (Å²) in [5.41, 5.74) is -1.32. The molecule has 3 aromatic carbocycles. The van der Waals surface area contributed by atoms with Gasteiger partial charge in [-0.25, -0.2) is 21.2 Å². The van der Waals surface area contributed by atoms with Gasteiger partial charge in [0, 0.05) is 17.4 Å². The Morgan fingerprint density at radius 1 is 0.758 bits per heavy atom. The lowest BCUT2D eigenvalue weighted by atomic mass is 10.2. The van der Waals surface area contributed by atoms with Crippen molar-refractivity contribution in [3.05, 3.63) is 78.1 Å². The molecule has 0 aliphatic heterocycles. The normalized spacial score (nSPS) is 12.3. The van der Waals surface area contributed by atoms with Crippen molar-refractivity contribution >= 4 is 31.4 Å². The second-order valence-electron chi connectivity index (χ2n) is 6.61. The number of methoxy groups -OCH3 is 1. The minimum Gasteiger partial charge on any atom is -0.494 e. The van der Waals surface area contributed by atoms with Gasteiger partial charge >= 0.3 is 6.18 Å². The molecule has 0 radical (unpaired) electrons. The summed E-state index contributed by atoms with van der Waals surface area (Å²) >= 11 is 0. The van der Waals surface area contributed by atoms with E-state index in [-0.39, 0.29) is 26.9 Å². The molecule has 176 valence electrons. The maximum absolute atomic E-state index is 13.5. The molecule has 0 fully saturated rings. The van der Waals surface area contributed by atoms with Crippen molar-refractivity contribution in [3.63, 3.8) is 0 Å². The van der Waals surface area contributed by atoms with E-state index in [2.05, 4.69) is 4.72 Å². The number of alkyl halides is 3. The lowest BCUT2D eigenvalue weighted by Crippen LogP contribution is -2.15. The van der Waals surface area contributed by atoms with Crippen LogP contribution in [0.4, 0.5) is 28.9 Å². The molecule has 0 aromatic heterocycles. The van der Waals surface area contributed by atoms with Crippen molar-refractivity contribution in [2.75, 3.05) is 16.6 Å². The Hall–Kier alpha value is -3.32. The van der Waals surface area contributed by atoms with Gasteiger partial charge in [0.25, 0.3) is 20.0 Å². The van der Waals surface area contributed by atoms with Crippen LogP contribution in [0.1, 0.15) is 5.56 Å². The summed E-state index contributed by atoms with van der Waals surface area (Å²) in [6, 6.07) is 11.0. The second-order valence-corrected chi connectivity index (χ2v) is 9.98. The Kier molecular flexibility index (Phi) is 6.56. The lowest BCUT2D eigenvalue weighted by Gasteiger charge is -2.12. The minimum atomic E-state index is -4.64. The van der Waals surface area contributed by atoms with Crippen LogP contribution in [-0.4, -0.2) is 23.9 Å². The molecule has 0 bridgehead atoms. The highest BCUT2D eigenvalue weighted by atomic mass is 32.2. The molecule has 0 atom stereocenters. The molecule has 0 aliphatic rings. The molecule has 0 unspecified atom stereocenters. The third-order valence-electron chi connectivity index (χ3n) is 4.29. The van der Waals surface area contributed by atoms with Crippen molar-refractivity contribution in [3.8, 4) is 5.75 Å². The predicted molar refractivity (Wildman–Crippen MR) is 112 cm³/mol. The smallest absolute Gasteiger partial charge is 0.416 e. The van der Waals surface area contributed by atoms with Crippen molar-refractivity contribution in [1.82, 2.24) is 0 Å². The van der Waals surface area contributed by atoms with Crippen LogP contribution < -0.4 is 14.2 Å². The predicted octanol–water partition coefficient (Wildman–Crippen LogP) is 4.45. The fourth-order valence-corrected chi connectivity index (χ4v) is 4.82. The molecule has 0 saturated heterocycles. The molecule has 0 saturated carbocycles. The van der Waals surface area contributed by atoms with E-state index in [4.69, 9.17) is 4.74 Å². The van der Waals surface area contributed by atoms with E-state index < -0.39 is 37.6 Å². The number of anilines is 2. The molecule has 13 heteroatoms. The highest BCUT2D eigenvalue weighted by Gasteiger charge is 2.30. The van der Waals surface area contributed by atoms with E-state index >= 15 is 0 Å². The number of nitrogens with one attached hydrogen (secondary N) is 2. The third-order valence-corrected chi connectivity index (χ3v) is 7.07. The molecule has 2 N–H and O–H groups in total. The van der Waals surface area contributed by atoms with E-state index in [9.17, 15) is 34.4 Å². The Labute approximate surface area is 187 Å². The molecule has 3 rings (SSSR count). The Morgan fingerprint density at radius 3 is 1.94 bits per heavy atom. The number of benzene rings is 3. The molecule has 0 amide bonds. The van der Waals surface area contributed by atoms with Crippen LogP contribution in [-0.2, 0) is 26.2 Å². The van der Waals surface area contributed by atoms with Crippen LogP contribution in [0, 0.1) is 5.82 Å². The third kappa shape index (κ3) is 5.73. The molecular formula is C20H16F4N2O5S2. The quantitative estimate of drug-likeness (QED) is 0.463. The SMILES string of the molecule is COc1cc(S(=O)(=O)Nc2ccc(S(=O)(=O)Nc3cccc(C(F)(F)F)c3)cc2)ccc1F. The average Bonchev–Trinajstić information content (AvgIpc) is 2.73. The van der Waals surface area contributed by atoms with Crippen molar-refractivity contribution in [2.45, 2.75) is 16.0 Å². The fraction of sp³-hybridized carbons (Fsp3) is 0.100. The fourth-order valence-electron chi connectivity index (χ4n) is 2.70. The van der Waals surface area contributed by atoms with Gasteiger partial charge in [0.15, 0.2) is 11.6 Å². The second kappa shape index (κ2) is 8.90. The lowest BCUT2D eigenvalue weighted by molar-refractivity contribution is -0.137. The number of ether oxygens (including phenoxy) is 1. The van der Waals surface area contributed by atoms with Gasteiger partial charge in [0.2, 0.25) is 0 Å². The Balaban J connectivity index is 1.79. The summed E-state index contributed by atoms with van der Waals surface area (Å²) in [5.74, 6) is -1.03. The molecule has 0 spiro atoms. The van der Waals surface area contributed by atoms with Crippen molar-refractivity contribution in [1.29, 1.82) is 0 Å². The van der Waals surface area contributed by atoms with Crippen LogP contribution in [0.25, 0.3) is 0 Å². The molecule has 33 heavy (non-hydrogen) atoms. The first-order valence-corrected chi connectivity index (χ1v) is 11.9. The number of halogens is 4. The van der Waals surface area contributed by atoms with Gasteiger partial charge in [0.05, 0.1) is 22.5 Å². The zero-order chi connectivity index (χ0) is 24.4. The maximum Gasteiger partial charge on any atom is 0.416 e. The summed E-state index contributed by atoms with van der Waals surface area (Å²) in [5, 5.41) is 0. The molecule has 0 heterocycles. The Bertz CT molecular complexity index is 1370. The molecule has 0 aliphatic carbocycles. The largest absolute Gasteiger partial charge is 0.494 e. The summed E-state index contributed by atoms with van der Waals surface area (Å²) in [7, 11) is -7.23. The topological polar surface area (TPSA) is 102 Å². The van der Waals surface area contributed by atoms with Crippen LogP contribution in [0.3, 0.4) is 0 Å². The van der Waals surface area contributed by atoms with E-state index in [1.165, 1.54) is 7.11 Å². The summed E-state index contributed by atoms with van der Waals surface area (Å²) in [6.07, 6.45) is -4.64. The van der Waals surface area contributed by atoms with E-state index in [0.29, 0.717) is 6.07 Å². The van der Waals surface area contributed by atoms with Crippen LogP contribution in [0.2, 0.25) is 0 Å². The van der Waals surface area contributed by atoms with Gasteiger partial charge in [-0.3, -0.25) is 9.44 Å². The minimum absolute atomic E-state index is 0.00342. The maximum atomic E-state index is 13.5. The van der Waals surface area contributed by atoms with Gasteiger partial charge in [-0.15, -0.1) is 0 Å². The average molecular weight is 504 g/mol. The molecule has 7 nitrogen and oxygen atoms in total. The molecule has 3 aromatic rings. The zero-order valence-corrected chi connectivity index (χ0v) is 18.4. The van der Waals surface area contributed by atoms with Gasteiger partial charge in [-0.1, -0.05) is 6.07 Å². The van der Waals surface area contributed by atoms with Crippen LogP contribution >= 0.6 is 0 Å². The Morgan fingerprint density at radius 2 is 1.33 bits per heavy atom. The van der Waals surface area contributed by atoms with Crippen LogP contribution in [0.15, 0.2) is 76.5 Å². The standard InChI is InChI=1S/C20H16F4N2O5S2/c1-31-19-12-17(9-10-18(19)21)33(29,30)25-14-5-7-16(8-6-14)32(27,28)26-15-4-2-3-13(11-15)20(22,23)24/h2-12,25-26H,1H3. The van der Waals surface area contributed by atoms with Gasteiger partial charge in [-0.05, 0) is 54.6 Å². The zero-order valence-electron chi connectivity index (χ0n) is 16.7. The number of sulfonamides is 2. The molecular weight excluding hydrogens is 488 g/mol. The number of hydrogen-bond donors (Lipinski definition) is 2. The number of hydrogen-bond acceptors (Lipinski definition) is 5. The first-order chi connectivity index (χ1) is 15.3. The van der Waals surface area contributed by atoms with E-state index in [0.717, 1.165) is 60.7 Å². The first-order valence-electron chi connectivity index (χ1n) is 8.98. The van der Waals surface area contributed by atoms with E-state index in [1.54, 1.807) is 0 Å². The van der Waals surface area contributed by atoms with Gasteiger partial charge in [0.1, 0.15) is 0 Å². The number of rotatable bonds is 7. The van der Waals surface area contributed by atoms with Crippen molar-refractivity contribution < 1.29 is 39.1 Å². The monoisotopic (exact) mass is 504 g/mol. The van der Waals surface area contributed by atoms with Crippen molar-refractivity contribution in [2.24, 2.45) is 0 Å². The van der Waals surface area contributed by atoms with Gasteiger partial charge < -0.3 is 4.74 Å². The van der Waals surface area contributed by atoms with E-state index in [1.807, 2.05) is 4.72 Å². The summed E-state index contributed by atoms with van der Waals surface area (Å²) in [4.78, 5) is -0.602. The van der Waals surface area contributed by atoms with Gasteiger partial charge in [-0.2, -0.15) is 13.2 Å². The first kappa shape index (κ1) is 24.3. The summed E-state index contributed by atoms with van der Waals surface area (Å²) < 4.78 is 111. The highest BCUT2D eigenvalue weighted by Crippen LogP contribution is 2.31.